The zero-order valence-corrected chi connectivity index (χ0v) is 25.0. The van der Waals surface area contributed by atoms with Crippen LogP contribution >= 0.6 is 0 Å². The van der Waals surface area contributed by atoms with E-state index in [9.17, 15) is 19.2 Å². The van der Waals surface area contributed by atoms with E-state index in [-0.39, 0.29) is 36.2 Å². The van der Waals surface area contributed by atoms with Crippen molar-refractivity contribution in [2.24, 2.45) is 5.92 Å². The molecule has 2 aromatic rings. The molecule has 0 saturated carbocycles. The lowest BCUT2D eigenvalue weighted by Gasteiger charge is -2.45. The number of rotatable bonds is 7. The van der Waals surface area contributed by atoms with E-state index in [0.29, 0.717) is 81.1 Å². The number of nitrogens with zero attached hydrogens (tertiary/aromatic N) is 3. The molecule has 230 valence electrons. The van der Waals surface area contributed by atoms with Crippen LogP contribution in [0.4, 0.5) is 0 Å². The van der Waals surface area contributed by atoms with Crippen molar-refractivity contribution >= 4 is 23.7 Å². The quantitative estimate of drug-likeness (QED) is 0.450. The number of benzene rings is 2. The number of likely N-dealkylation sites (tertiary alicyclic amines) is 2. The largest absolute Gasteiger partial charge is 0.497 e. The predicted molar refractivity (Wildman–Crippen MR) is 156 cm³/mol. The fourth-order valence-electron chi connectivity index (χ4n) is 6.21. The van der Waals surface area contributed by atoms with Crippen LogP contribution in [-0.2, 0) is 19.1 Å². The number of hydrogen-bond donors (Lipinski definition) is 0. The van der Waals surface area contributed by atoms with Crippen LogP contribution in [0.3, 0.4) is 0 Å². The van der Waals surface area contributed by atoms with Gasteiger partial charge in [-0.2, -0.15) is 0 Å². The standard InChI is InChI=1S/C32H39N3O8/c1-4-42-31(39)24-13-17-33(18-14-24)30(38)27-21-43-32(35(27)29(37)23-7-11-26(41-3)12-8-23)15-19-34(20-16-32)28(36)22-5-9-25(40-2)10-6-22/h5-12,24,27H,4,13-21H2,1-3H3/t27-/m1/s1. The van der Waals surface area contributed by atoms with Gasteiger partial charge in [-0.15, -0.1) is 0 Å². The first kappa shape index (κ1) is 30.3. The van der Waals surface area contributed by atoms with Gasteiger partial charge in [0.15, 0.2) is 0 Å². The summed E-state index contributed by atoms with van der Waals surface area (Å²) in [5, 5.41) is 0. The Balaban J connectivity index is 1.34. The SMILES string of the molecule is CCOC(=O)C1CCN(C(=O)[C@H]2COC3(CCN(C(=O)c4ccc(OC)cc4)CC3)N2C(=O)c2ccc(OC)cc2)CC1. The third-order valence-corrected chi connectivity index (χ3v) is 8.70. The summed E-state index contributed by atoms with van der Waals surface area (Å²) < 4.78 is 22.0. The molecule has 3 heterocycles. The highest BCUT2D eigenvalue weighted by Crippen LogP contribution is 2.40. The normalized spacial score (nSPS) is 20.2. The van der Waals surface area contributed by atoms with Gasteiger partial charge in [-0.1, -0.05) is 0 Å². The lowest BCUT2D eigenvalue weighted by Crippen LogP contribution is -2.60. The van der Waals surface area contributed by atoms with E-state index in [4.69, 9.17) is 18.9 Å². The number of carbonyl (C=O) groups is 4. The van der Waals surface area contributed by atoms with Crippen LogP contribution in [-0.4, -0.2) is 104 Å². The van der Waals surface area contributed by atoms with Crippen molar-refractivity contribution < 1.29 is 38.1 Å². The van der Waals surface area contributed by atoms with Gasteiger partial charge in [-0.3, -0.25) is 24.1 Å². The summed E-state index contributed by atoms with van der Waals surface area (Å²) in [7, 11) is 3.13. The number of carbonyl (C=O) groups excluding carboxylic acids is 4. The molecule has 11 nitrogen and oxygen atoms in total. The Morgan fingerprint density at radius 1 is 0.791 bits per heavy atom. The van der Waals surface area contributed by atoms with Gasteiger partial charge >= 0.3 is 5.97 Å². The molecule has 0 radical (unpaired) electrons. The number of methoxy groups -OCH3 is 2. The molecule has 43 heavy (non-hydrogen) atoms. The second-order valence-electron chi connectivity index (χ2n) is 11.0. The maximum Gasteiger partial charge on any atom is 0.309 e. The Morgan fingerprint density at radius 2 is 1.33 bits per heavy atom. The van der Waals surface area contributed by atoms with Gasteiger partial charge in [0.25, 0.3) is 11.8 Å². The third-order valence-electron chi connectivity index (χ3n) is 8.70. The van der Waals surface area contributed by atoms with Crippen molar-refractivity contribution in [3.05, 3.63) is 59.7 Å². The molecule has 3 amide bonds. The summed E-state index contributed by atoms with van der Waals surface area (Å²) in [6, 6.07) is 12.9. The second-order valence-corrected chi connectivity index (χ2v) is 11.0. The average molecular weight is 594 g/mol. The van der Waals surface area contributed by atoms with E-state index in [1.54, 1.807) is 84.4 Å². The van der Waals surface area contributed by atoms with Crippen LogP contribution in [0.2, 0.25) is 0 Å². The molecule has 3 aliphatic rings. The molecule has 0 aromatic heterocycles. The van der Waals surface area contributed by atoms with Crippen LogP contribution in [0.5, 0.6) is 11.5 Å². The third kappa shape index (κ3) is 6.17. The highest BCUT2D eigenvalue weighted by molar-refractivity contribution is 5.99. The second kappa shape index (κ2) is 13.0. The van der Waals surface area contributed by atoms with Crippen molar-refractivity contribution in [2.45, 2.75) is 44.4 Å². The highest BCUT2D eigenvalue weighted by atomic mass is 16.5. The molecule has 0 unspecified atom stereocenters. The summed E-state index contributed by atoms with van der Waals surface area (Å²) in [5.74, 6) is 0.200. The molecule has 11 heteroatoms. The van der Waals surface area contributed by atoms with E-state index >= 15 is 0 Å². The van der Waals surface area contributed by atoms with Crippen LogP contribution in [0.25, 0.3) is 0 Å². The average Bonchev–Trinajstić information content (AvgIpc) is 3.42. The van der Waals surface area contributed by atoms with E-state index in [0.717, 1.165) is 0 Å². The topological polar surface area (TPSA) is 115 Å². The van der Waals surface area contributed by atoms with Crippen molar-refractivity contribution in [3.63, 3.8) is 0 Å². The first-order valence-corrected chi connectivity index (χ1v) is 14.8. The minimum atomic E-state index is -1.03. The van der Waals surface area contributed by atoms with Crippen molar-refractivity contribution in [2.75, 3.05) is 53.6 Å². The van der Waals surface area contributed by atoms with Gasteiger partial charge in [0, 0.05) is 50.1 Å². The van der Waals surface area contributed by atoms with Gasteiger partial charge in [-0.25, -0.2) is 0 Å². The molecule has 3 aliphatic heterocycles. The molecule has 0 aliphatic carbocycles. The molecule has 5 rings (SSSR count). The minimum absolute atomic E-state index is 0.0605. The molecule has 2 aromatic carbocycles. The zero-order chi connectivity index (χ0) is 30.6. The van der Waals surface area contributed by atoms with Gasteiger partial charge in [-0.05, 0) is 68.3 Å². The maximum absolute atomic E-state index is 14.1. The summed E-state index contributed by atoms with van der Waals surface area (Å²) >= 11 is 0. The molecular weight excluding hydrogens is 554 g/mol. The first-order valence-electron chi connectivity index (χ1n) is 14.8. The monoisotopic (exact) mass is 593 g/mol. The summed E-state index contributed by atoms with van der Waals surface area (Å²) in [6.45, 7) is 3.70. The molecule has 0 bridgehead atoms. The Kier molecular flexibility index (Phi) is 9.19. The Morgan fingerprint density at radius 3 is 1.84 bits per heavy atom. The minimum Gasteiger partial charge on any atom is -0.497 e. The molecule has 3 saturated heterocycles. The molecular formula is C32H39N3O8. The smallest absolute Gasteiger partial charge is 0.309 e. The lowest BCUT2D eigenvalue weighted by molar-refractivity contribution is -0.152. The Hall–Kier alpha value is -4.12. The van der Waals surface area contributed by atoms with Crippen molar-refractivity contribution in [1.82, 2.24) is 14.7 Å². The van der Waals surface area contributed by atoms with Crippen molar-refractivity contribution in [3.8, 4) is 11.5 Å². The predicted octanol–water partition coefficient (Wildman–Crippen LogP) is 2.98. The molecule has 0 N–H and O–H groups in total. The summed E-state index contributed by atoms with van der Waals surface area (Å²) in [5.41, 5.74) is -0.0622. The van der Waals surface area contributed by atoms with Gasteiger partial charge in [0.2, 0.25) is 5.91 Å². The van der Waals surface area contributed by atoms with Crippen LogP contribution in [0, 0.1) is 5.92 Å². The van der Waals surface area contributed by atoms with E-state index in [1.165, 1.54) is 0 Å². The first-order chi connectivity index (χ1) is 20.8. The number of esters is 1. The van der Waals surface area contributed by atoms with E-state index in [2.05, 4.69) is 0 Å². The highest BCUT2D eigenvalue weighted by Gasteiger charge is 2.55. The Bertz CT molecular complexity index is 1310. The number of piperidine rings is 2. The van der Waals surface area contributed by atoms with Gasteiger partial charge < -0.3 is 28.7 Å². The number of ether oxygens (including phenoxy) is 4. The van der Waals surface area contributed by atoms with Crippen LogP contribution in [0.15, 0.2) is 48.5 Å². The van der Waals surface area contributed by atoms with Crippen LogP contribution in [0.1, 0.15) is 53.3 Å². The van der Waals surface area contributed by atoms with Crippen LogP contribution < -0.4 is 9.47 Å². The number of hydrogen-bond acceptors (Lipinski definition) is 8. The van der Waals surface area contributed by atoms with Gasteiger partial charge in [0.05, 0.1) is 33.4 Å². The number of amides is 3. The fraction of sp³-hybridized carbons (Fsp3) is 0.500. The Labute approximate surface area is 251 Å². The summed E-state index contributed by atoms with van der Waals surface area (Å²) in [4.78, 5) is 58.6. The summed E-state index contributed by atoms with van der Waals surface area (Å²) in [6.07, 6.45) is 1.76. The molecule has 3 fully saturated rings. The van der Waals surface area contributed by atoms with E-state index < -0.39 is 11.8 Å². The maximum atomic E-state index is 14.1. The zero-order valence-electron chi connectivity index (χ0n) is 25.0. The molecule has 1 atom stereocenters. The molecule has 1 spiro atoms. The van der Waals surface area contributed by atoms with Crippen molar-refractivity contribution in [1.29, 1.82) is 0 Å². The van der Waals surface area contributed by atoms with E-state index in [1.807, 2.05) is 0 Å². The lowest BCUT2D eigenvalue weighted by atomic mass is 9.94. The van der Waals surface area contributed by atoms with Gasteiger partial charge in [0.1, 0.15) is 23.3 Å². The fourth-order valence-corrected chi connectivity index (χ4v) is 6.21.